The number of rotatable bonds is 10. The molecular weight excluding hydrogens is 1060 g/mol. The van der Waals surface area contributed by atoms with E-state index in [9.17, 15) is 0 Å². The van der Waals surface area contributed by atoms with Gasteiger partial charge in [0.05, 0.1) is 33.1 Å². The van der Waals surface area contributed by atoms with Crippen molar-refractivity contribution in [2.75, 3.05) is 0 Å². The molecule has 412 valence electrons. The second kappa shape index (κ2) is 19.6. The molecule has 1 unspecified atom stereocenters. The van der Waals surface area contributed by atoms with Gasteiger partial charge >= 0.3 is 0 Å². The molecule has 0 amide bonds. The number of hydrogen-bond donors (Lipinski definition) is 0. The van der Waals surface area contributed by atoms with E-state index in [0.717, 1.165) is 90.7 Å². The van der Waals surface area contributed by atoms with E-state index in [2.05, 4.69) is 320 Å². The standard InChI is InChI=1S/C81H58N6/c1-80(2)67-34-17-16-33-63(67)65-49-66-64-48-56(55-26-22-25-54(44-55)53-23-8-4-9-24-53)40-41-68(64)81(3,70(66)50-69(65)80)51-52-39-42-76-73(43-52)84-79(87(76)62-31-14-7-15-32-62)59-46-57(77-82-71-35-18-20-37-74(71)85(77)60-27-10-5-11-28-60)45-58(47-59)78-83-72-36-19-21-38-75(72)86(78)61-29-12-6-13-30-61/h4-50H,51H2,1-3H3. The quantitative estimate of drug-likeness (QED) is 0.137. The molecule has 2 aliphatic carbocycles. The summed E-state index contributed by atoms with van der Waals surface area (Å²) >= 11 is 0. The van der Waals surface area contributed by atoms with Gasteiger partial charge < -0.3 is 0 Å². The smallest absolute Gasteiger partial charge is 0.145 e. The fourth-order valence-corrected chi connectivity index (χ4v) is 14.5. The predicted molar refractivity (Wildman–Crippen MR) is 357 cm³/mol. The molecule has 3 heterocycles. The van der Waals surface area contributed by atoms with Gasteiger partial charge in [-0.05, 0) is 188 Å². The maximum absolute atomic E-state index is 5.79. The molecule has 12 aromatic carbocycles. The molecule has 15 aromatic rings. The zero-order valence-corrected chi connectivity index (χ0v) is 48.5. The van der Waals surface area contributed by atoms with Gasteiger partial charge in [0.15, 0.2) is 0 Å². The van der Waals surface area contributed by atoms with Crippen molar-refractivity contribution in [1.29, 1.82) is 0 Å². The number of para-hydroxylation sites is 7. The molecule has 0 saturated heterocycles. The minimum atomic E-state index is -0.370. The van der Waals surface area contributed by atoms with Gasteiger partial charge in [0.1, 0.15) is 17.5 Å². The zero-order chi connectivity index (χ0) is 58.0. The number of aromatic nitrogens is 6. The fourth-order valence-electron chi connectivity index (χ4n) is 14.5. The molecule has 0 aliphatic heterocycles. The van der Waals surface area contributed by atoms with E-state index >= 15 is 0 Å². The molecule has 3 aromatic heterocycles. The first-order valence-corrected chi connectivity index (χ1v) is 30.1. The Kier molecular flexibility index (Phi) is 11.4. The lowest BCUT2D eigenvalue weighted by atomic mass is 9.73. The molecular formula is C81H58N6. The lowest BCUT2D eigenvalue weighted by Gasteiger charge is -2.30. The highest BCUT2D eigenvalue weighted by Crippen LogP contribution is 2.57. The highest BCUT2D eigenvalue weighted by Gasteiger charge is 2.44. The third kappa shape index (κ3) is 8.05. The maximum Gasteiger partial charge on any atom is 0.145 e. The highest BCUT2D eigenvalue weighted by atomic mass is 15.1. The highest BCUT2D eigenvalue weighted by molar-refractivity contribution is 5.94. The Balaban J connectivity index is 0.855. The van der Waals surface area contributed by atoms with Crippen LogP contribution in [0.1, 0.15) is 48.6 Å². The molecule has 0 bridgehead atoms. The van der Waals surface area contributed by atoms with Gasteiger partial charge in [0, 0.05) is 44.6 Å². The first kappa shape index (κ1) is 50.6. The Morgan fingerprint density at radius 1 is 0.276 bits per heavy atom. The molecule has 2 aliphatic rings. The monoisotopic (exact) mass is 1110 g/mol. The summed E-state index contributed by atoms with van der Waals surface area (Å²) in [6, 6.07) is 103. The van der Waals surface area contributed by atoms with Crippen LogP contribution in [0.3, 0.4) is 0 Å². The lowest BCUT2D eigenvalue weighted by molar-refractivity contribution is 0.579. The van der Waals surface area contributed by atoms with Crippen molar-refractivity contribution in [3.05, 3.63) is 313 Å². The first-order chi connectivity index (χ1) is 42.7. The Hall–Kier alpha value is -11.0. The Bertz CT molecular complexity index is 5090. The number of fused-ring (bicyclic) bond motifs is 9. The van der Waals surface area contributed by atoms with Crippen molar-refractivity contribution in [3.63, 3.8) is 0 Å². The van der Waals surface area contributed by atoms with E-state index in [1.165, 1.54) is 72.3 Å². The summed E-state index contributed by atoms with van der Waals surface area (Å²) in [4.78, 5) is 16.7. The molecule has 87 heavy (non-hydrogen) atoms. The van der Waals surface area contributed by atoms with E-state index in [0.29, 0.717) is 0 Å². The van der Waals surface area contributed by atoms with Crippen molar-refractivity contribution in [1.82, 2.24) is 28.7 Å². The second-order valence-corrected chi connectivity index (χ2v) is 24.2. The SMILES string of the molecule is CC1(C)c2ccccc2-c2cc3c(cc21)C(C)(Cc1ccc2c(c1)nc(-c1cc(-c4nc5ccccc5n4-c4ccccc4)cc(-c4nc5ccccc5n4-c4ccccc4)c1)n2-c1ccccc1)c1ccc(-c2cccc(-c4ccccc4)c2)cc1-3. The van der Waals surface area contributed by atoms with Crippen molar-refractivity contribution in [2.45, 2.75) is 38.0 Å². The summed E-state index contributed by atoms with van der Waals surface area (Å²) in [5.41, 5.74) is 28.1. The molecule has 0 radical (unpaired) electrons. The van der Waals surface area contributed by atoms with Crippen LogP contribution in [0.25, 0.3) is 129 Å². The predicted octanol–water partition coefficient (Wildman–Crippen LogP) is 19.9. The van der Waals surface area contributed by atoms with E-state index in [1.54, 1.807) is 0 Å². The summed E-state index contributed by atoms with van der Waals surface area (Å²) in [6.07, 6.45) is 0.774. The van der Waals surface area contributed by atoms with Crippen molar-refractivity contribution >= 4 is 33.1 Å². The van der Waals surface area contributed by atoms with E-state index in [1.807, 2.05) is 0 Å². The van der Waals surface area contributed by atoms with Gasteiger partial charge in [0.25, 0.3) is 0 Å². The van der Waals surface area contributed by atoms with E-state index < -0.39 is 0 Å². The minimum Gasteiger partial charge on any atom is -0.292 e. The average Bonchev–Trinajstić information content (AvgIpc) is 1.62. The molecule has 0 fully saturated rings. The Morgan fingerprint density at radius 2 is 0.713 bits per heavy atom. The summed E-state index contributed by atoms with van der Waals surface area (Å²) in [6.45, 7) is 7.27. The summed E-state index contributed by atoms with van der Waals surface area (Å²) in [7, 11) is 0. The largest absolute Gasteiger partial charge is 0.292 e. The van der Waals surface area contributed by atoms with Gasteiger partial charge in [-0.2, -0.15) is 0 Å². The van der Waals surface area contributed by atoms with Crippen LogP contribution in [-0.2, 0) is 17.3 Å². The van der Waals surface area contributed by atoms with Crippen LogP contribution in [0.2, 0.25) is 0 Å². The molecule has 6 heteroatoms. The van der Waals surface area contributed by atoms with Crippen LogP contribution in [0.5, 0.6) is 0 Å². The van der Waals surface area contributed by atoms with Crippen molar-refractivity contribution < 1.29 is 0 Å². The van der Waals surface area contributed by atoms with Crippen LogP contribution in [0, 0.1) is 0 Å². The zero-order valence-electron chi connectivity index (χ0n) is 48.5. The van der Waals surface area contributed by atoms with Crippen LogP contribution in [0.15, 0.2) is 285 Å². The van der Waals surface area contributed by atoms with Gasteiger partial charge in [-0.25, -0.2) is 15.0 Å². The van der Waals surface area contributed by atoms with Crippen LogP contribution >= 0.6 is 0 Å². The van der Waals surface area contributed by atoms with Crippen molar-refractivity contribution in [2.24, 2.45) is 0 Å². The summed E-state index contributed by atoms with van der Waals surface area (Å²) < 4.78 is 6.90. The minimum absolute atomic E-state index is 0.154. The molecule has 6 nitrogen and oxygen atoms in total. The maximum atomic E-state index is 5.79. The molecule has 0 saturated carbocycles. The molecule has 1 atom stereocenters. The summed E-state index contributed by atoms with van der Waals surface area (Å²) in [5.74, 6) is 2.48. The number of imidazole rings is 3. The third-order valence-electron chi connectivity index (χ3n) is 18.7. The van der Waals surface area contributed by atoms with E-state index in [-0.39, 0.29) is 10.8 Å². The van der Waals surface area contributed by atoms with E-state index in [4.69, 9.17) is 15.0 Å². The number of hydrogen-bond acceptors (Lipinski definition) is 3. The van der Waals surface area contributed by atoms with Crippen LogP contribution in [0.4, 0.5) is 0 Å². The topological polar surface area (TPSA) is 53.5 Å². The molecule has 17 rings (SSSR count). The van der Waals surface area contributed by atoms with Gasteiger partial charge in [-0.1, -0.05) is 197 Å². The number of benzene rings is 12. The number of nitrogens with zero attached hydrogens (tertiary/aromatic N) is 6. The summed E-state index contributed by atoms with van der Waals surface area (Å²) in [5, 5.41) is 0. The Morgan fingerprint density at radius 3 is 1.30 bits per heavy atom. The second-order valence-electron chi connectivity index (χ2n) is 24.2. The third-order valence-corrected chi connectivity index (χ3v) is 18.7. The first-order valence-electron chi connectivity index (χ1n) is 30.1. The fraction of sp³-hybridized carbons (Fsp3) is 0.0741. The average molecular weight is 1120 g/mol. The van der Waals surface area contributed by atoms with Crippen LogP contribution in [-0.4, -0.2) is 28.7 Å². The molecule has 0 N–H and O–H groups in total. The van der Waals surface area contributed by atoms with Gasteiger partial charge in [-0.15, -0.1) is 0 Å². The normalized spacial score (nSPS) is 14.6. The van der Waals surface area contributed by atoms with Crippen molar-refractivity contribution in [3.8, 4) is 95.7 Å². The molecule has 0 spiro atoms. The Labute approximate surface area is 505 Å². The lowest BCUT2D eigenvalue weighted by Crippen LogP contribution is -2.25. The van der Waals surface area contributed by atoms with Gasteiger partial charge in [-0.3, -0.25) is 13.7 Å². The van der Waals surface area contributed by atoms with Crippen LogP contribution < -0.4 is 0 Å². The van der Waals surface area contributed by atoms with Gasteiger partial charge in [0.2, 0.25) is 0 Å².